The van der Waals surface area contributed by atoms with Crippen LogP contribution in [0.15, 0.2) is 0 Å². The molecule has 2 rings (SSSR count). The molecule has 2 aliphatic rings. The molecule has 21 heavy (non-hydrogen) atoms. The highest BCUT2D eigenvalue weighted by molar-refractivity contribution is 5.72. The highest BCUT2D eigenvalue weighted by Crippen LogP contribution is 2.21. The summed E-state index contributed by atoms with van der Waals surface area (Å²) in [5.74, 6) is -0.898. The number of piperazine rings is 1. The fourth-order valence-corrected chi connectivity index (χ4v) is 2.63. The lowest BCUT2D eigenvalue weighted by Gasteiger charge is -2.37. The van der Waals surface area contributed by atoms with Crippen LogP contribution in [0.25, 0.3) is 0 Å². The molecule has 2 unspecified atom stereocenters. The minimum atomic E-state index is -0.898. The highest BCUT2D eigenvalue weighted by Gasteiger charge is 2.36. The average molecular weight is 300 g/mol. The van der Waals surface area contributed by atoms with Gasteiger partial charge in [-0.05, 0) is 20.8 Å². The lowest BCUT2D eigenvalue weighted by atomic mass is 10.1. The standard InChI is InChI=1S/C14H24N2O5/c1-14(2,3)21-13(19)16-6-4-15(5-7-16)10-8-11(12(17)18)20-9-10/h10-11H,4-9H2,1-3H3,(H,17,18). The van der Waals surface area contributed by atoms with Gasteiger partial charge in [-0.1, -0.05) is 0 Å². The average Bonchev–Trinajstić information content (AvgIpc) is 2.86. The van der Waals surface area contributed by atoms with Crippen molar-refractivity contribution in [3.63, 3.8) is 0 Å². The molecule has 120 valence electrons. The molecule has 2 aliphatic heterocycles. The summed E-state index contributed by atoms with van der Waals surface area (Å²) in [6.07, 6.45) is -0.464. The van der Waals surface area contributed by atoms with Crippen molar-refractivity contribution in [1.82, 2.24) is 9.80 Å². The van der Waals surface area contributed by atoms with Crippen molar-refractivity contribution in [1.29, 1.82) is 0 Å². The second kappa shape index (κ2) is 6.19. The summed E-state index contributed by atoms with van der Waals surface area (Å²) in [7, 11) is 0. The number of carbonyl (C=O) groups excluding carboxylic acids is 1. The van der Waals surface area contributed by atoms with Gasteiger partial charge in [-0.3, -0.25) is 4.90 Å². The van der Waals surface area contributed by atoms with Crippen LogP contribution in [-0.2, 0) is 14.3 Å². The van der Waals surface area contributed by atoms with Crippen LogP contribution in [0.5, 0.6) is 0 Å². The van der Waals surface area contributed by atoms with E-state index in [9.17, 15) is 9.59 Å². The lowest BCUT2D eigenvalue weighted by Crippen LogP contribution is -2.53. The highest BCUT2D eigenvalue weighted by atomic mass is 16.6. The number of hydrogen-bond acceptors (Lipinski definition) is 5. The molecule has 0 radical (unpaired) electrons. The zero-order chi connectivity index (χ0) is 15.6. The molecule has 2 saturated heterocycles. The zero-order valence-corrected chi connectivity index (χ0v) is 12.9. The molecule has 0 aromatic rings. The Morgan fingerprint density at radius 2 is 1.81 bits per heavy atom. The Bertz CT molecular complexity index is 399. The topological polar surface area (TPSA) is 79.3 Å². The van der Waals surface area contributed by atoms with Gasteiger partial charge in [0.15, 0.2) is 6.10 Å². The van der Waals surface area contributed by atoms with Crippen LogP contribution in [0.1, 0.15) is 27.2 Å². The van der Waals surface area contributed by atoms with Gasteiger partial charge >= 0.3 is 12.1 Å². The van der Waals surface area contributed by atoms with E-state index >= 15 is 0 Å². The SMILES string of the molecule is CC(C)(C)OC(=O)N1CCN(C2COC(C(=O)O)C2)CC1. The second-order valence-corrected chi connectivity index (χ2v) is 6.55. The molecule has 0 spiro atoms. The fourth-order valence-electron chi connectivity index (χ4n) is 2.63. The maximum absolute atomic E-state index is 12.0. The van der Waals surface area contributed by atoms with Crippen molar-refractivity contribution in [3.05, 3.63) is 0 Å². The third kappa shape index (κ3) is 4.31. The number of nitrogens with zero attached hydrogens (tertiary/aromatic N) is 2. The molecule has 2 heterocycles. The van der Waals surface area contributed by atoms with Gasteiger partial charge in [0.1, 0.15) is 5.60 Å². The van der Waals surface area contributed by atoms with E-state index in [-0.39, 0.29) is 12.1 Å². The summed E-state index contributed by atoms with van der Waals surface area (Å²) in [5, 5.41) is 8.94. The second-order valence-electron chi connectivity index (χ2n) is 6.55. The van der Waals surface area contributed by atoms with E-state index in [1.807, 2.05) is 20.8 Å². The van der Waals surface area contributed by atoms with Crippen molar-refractivity contribution in [2.24, 2.45) is 0 Å². The van der Waals surface area contributed by atoms with Gasteiger partial charge in [-0.15, -0.1) is 0 Å². The van der Waals surface area contributed by atoms with E-state index in [4.69, 9.17) is 14.6 Å². The molecule has 0 saturated carbocycles. The number of ether oxygens (including phenoxy) is 2. The van der Waals surface area contributed by atoms with Crippen molar-refractivity contribution >= 4 is 12.1 Å². The molecule has 0 bridgehead atoms. The number of amides is 1. The molecule has 7 heteroatoms. The summed E-state index contributed by atoms with van der Waals surface area (Å²) < 4.78 is 10.6. The quantitative estimate of drug-likeness (QED) is 0.812. The number of carboxylic acid groups (broad SMARTS) is 1. The molecular weight excluding hydrogens is 276 g/mol. The van der Waals surface area contributed by atoms with Gasteiger partial charge in [0.2, 0.25) is 0 Å². The molecule has 1 amide bonds. The summed E-state index contributed by atoms with van der Waals surface area (Å²) >= 11 is 0. The summed E-state index contributed by atoms with van der Waals surface area (Å²) in [6.45, 7) is 8.64. The Kier molecular flexibility index (Phi) is 4.73. The first-order valence-electron chi connectivity index (χ1n) is 7.32. The summed E-state index contributed by atoms with van der Waals surface area (Å²) in [6, 6.07) is 0.131. The van der Waals surface area contributed by atoms with Crippen LogP contribution in [0.2, 0.25) is 0 Å². The van der Waals surface area contributed by atoms with Crippen LogP contribution in [0.3, 0.4) is 0 Å². The van der Waals surface area contributed by atoms with E-state index in [2.05, 4.69) is 4.90 Å². The largest absolute Gasteiger partial charge is 0.479 e. The molecule has 2 atom stereocenters. The Hall–Kier alpha value is -1.34. The van der Waals surface area contributed by atoms with Gasteiger partial charge in [-0.25, -0.2) is 9.59 Å². The van der Waals surface area contributed by atoms with Gasteiger partial charge in [0.25, 0.3) is 0 Å². The predicted molar refractivity (Wildman–Crippen MR) is 75.2 cm³/mol. The van der Waals surface area contributed by atoms with E-state index in [0.29, 0.717) is 26.1 Å². The fraction of sp³-hybridized carbons (Fsp3) is 0.857. The monoisotopic (exact) mass is 300 g/mol. The predicted octanol–water partition coefficient (Wildman–Crippen LogP) is 0.781. The Morgan fingerprint density at radius 3 is 2.29 bits per heavy atom. The van der Waals surface area contributed by atoms with Crippen LogP contribution in [0.4, 0.5) is 4.79 Å². The number of aliphatic carboxylic acids is 1. The van der Waals surface area contributed by atoms with E-state index in [1.54, 1.807) is 4.90 Å². The van der Waals surface area contributed by atoms with Crippen LogP contribution < -0.4 is 0 Å². The third-order valence-electron chi connectivity index (χ3n) is 3.73. The number of carboxylic acids is 1. The van der Waals surface area contributed by atoms with Crippen LogP contribution in [0, 0.1) is 0 Å². The first-order chi connectivity index (χ1) is 9.76. The maximum atomic E-state index is 12.0. The molecule has 0 aromatic heterocycles. The number of carbonyl (C=O) groups is 2. The van der Waals surface area contributed by atoms with Gasteiger partial charge < -0.3 is 19.5 Å². The van der Waals surface area contributed by atoms with Crippen molar-refractivity contribution in [2.45, 2.75) is 44.9 Å². The summed E-state index contributed by atoms with van der Waals surface area (Å²) in [5.41, 5.74) is -0.484. The van der Waals surface area contributed by atoms with Gasteiger partial charge in [0, 0.05) is 38.6 Å². The van der Waals surface area contributed by atoms with Crippen molar-refractivity contribution in [2.75, 3.05) is 32.8 Å². The molecule has 0 aliphatic carbocycles. The lowest BCUT2D eigenvalue weighted by molar-refractivity contribution is -0.147. The van der Waals surface area contributed by atoms with Crippen LogP contribution in [-0.4, -0.2) is 77.5 Å². The van der Waals surface area contributed by atoms with Crippen LogP contribution >= 0.6 is 0 Å². The first kappa shape index (κ1) is 16.0. The molecule has 7 nitrogen and oxygen atoms in total. The molecule has 2 fully saturated rings. The summed E-state index contributed by atoms with van der Waals surface area (Å²) in [4.78, 5) is 26.8. The van der Waals surface area contributed by atoms with Crippen molar-refractivity contribution in [3.8, 4) is 0 Å². The molecule has 0 aromatic carbocycles. The molecule has 1 N–H and O–H groups in total. The zero-order valence-electron chi connectivity index (χ0n) is 12.9. The smallest absolute Gasteiger partial charge is 0.410 e. The van der Waals surface area contributed by atoms with Crippen molar-refractivity contribution < 1.29 is 24.2 Å². The van der Waals surface area contributed by atoms with Gasteiger partial charge in [0.05, 0.1) is 6.61 Å². The number of hydrogen-bond donors (Lipinski definition) is 1. The molecular formula is C14H24N2O5. The third-order valence-corrected chi connectivity index (χ3v) is 3.73. The normalized spacial score (nSPS) is 27.7. The first-order valence-corrected chi connectivity index (χ1v) is 7.32. The number of rotatable bonds is 2. The Labute approximate surface area is 124 Å². The van der Waals surface area contributed by atoms with E-state index in [1.165, 1.54) is 0 Å². The van der Waals surface area contributed by atoms with Gasteiger partial charge in [-0.2, -0.15) is 0 Å². The maximum Gasteiger partial charge on any atom is 0.410 e. The van der Waals surface area contributed by atoms with E-state index < -0.39 is 17.7 Å². The minimum absolute atomic E-state index is 0.131. The Morgan fingerprint density at radius 1 is 1.19 bits per heavy atom. The Balaban J connectivity index is 1.79. The van der Waals surface area contributed by atoms with E-state index in [0.717, 1.165) is 13.1 Å². The minimum Gasteiger partial charge on any atom is -0.479 e.